The van der Waals surface area contributed by atoms with E-state index >= 15 is 0 Å². The van der Waals surface area contributed by atoms with E-state index in [-0.39, 0.29) is 6.54 Å². The molecule has 0 saturated heterocycles. The first-order valence-corrected chi connectivity index (χ1v) is 7.42. The summed E-state index contributed by atoms with van der Waals surface area (Å²) in [5.74, 6) is -1.42. The molecule has 0 aliphatic rings. The van der Waals surface area contributed by atoms with Crippen molar-refractivity contribution in [1.29, 1.82) is 0 Å². The Morgan fingerprint density at radius 3 is 2.67 bits per heavy atom. The normalized spacial score (nSPS) is 10.2. The average molecular weight is 324 g/mol. The number of rotatable bonds is 3. The maximum absolute atomic E-state index is 11.8. The zero-order valence-corrected chi connectivity index (χ0v) is 13.1. The third-order valence-electron chi connectivity index (χ3n) is 2.73. The zero-order chi connectivity index (χ0) is 15.4. The van der Waals surface area contributed by atoms with E-state index in [1.807, 2.05) is 13.8 Å². The number of hydrogen-bond donors (Lipinski definition) is 2. The van der Waals surface area contributed by atoms with Crippen molar-refractivity contribution in [3.63, 3.8) is 0 Å². The van der Waals surface area contributed by atoms with Crippen molar-refractivity contribution in [2.75, 3.05) is 5.32 Å². The van der Waals surface area contributed by atoms with Gasteiger partial charge in [-0.15, -0.1) is 11.3 Å². The fourth-order valence-electron chi connectivity index (χ4n) is 1.59. The molecule has 110 valence electrons. The first kappa shape index (κ1) is 15.5. The predicted molar refractivity (Wildman–Crippen MR) is 83.5 cm³/mol. The van der Waals surface area contributed by atoms with E-state index in [9.17, 15) is 9.59 Å². The van der Waals surface area contributed by atoms with Gasteiger partial charge in [0.2, 0.25) is 0 Å². The molecule has 2 rings (SSSR count). The van der Waals surface area contributed by atoms with Gasteiger partial charge in [-0.3, -0.25) is 9.59 Å². The minimum Gasteiger partial charge on any atom is -0.343 e. The summed E-state index contributed by atoms with van der Waals surface area (Å²) >= 11 is 7.44. The highest BCUT2D eigenvalue weighted by molar-refractivity contribution is 7.11. The Hall–Kier alpha value is -1.92. The molecule has 21 heavy (non-hydrogen) atoms. The minimum absolute atomic E-state index is 0.284. The van der Waals surface area contributed by atoms with Gasteiger partial charge in [0, 0.05) is 21.8 Å². The fourth-order valence-corrected chi connectivity index (χ4v) is 2.51. The van der Waals surface area contributed by atoms with Crippen molar-refractivity contribution in [1.82, 2.24) is 10.3 Å². The third-order valence-corrected chi connectivity index (χ3v) is 4.05. The smallest absolute Gasteiger partial charge is 0.313 e. The molecule has 2 aromatic rings. The van der Waals surface area contributed by atoms with Gasteiger partial charge in [0.15, 0.2) is 0 Å². The molecule has 0 radical (unpaired) electrons. The van der Waals surface area contributed by atoms with Gasteiger partial charge in [-0.05, 0) is 31.5 Å². The molecule has 0 aliphatic heterocycles. The maximum Gasteiger partial charge on any atom is 0.313 e. The van der Waals surface area contributed by atoms with Crippen LogP contribution in [0.5, 0.6) is 0 Å². The highest BCUT2D eigenvalue weighted by Gasteiger charge is 2.14. The second-order valence-corrected chi connectivity index (χ2v) is 6.17. The van der Waals surface area contributed by atoms with Crippen LogP contribution in [-0.4, -0.2) is 16.8 Å². The third kappa shape index (κ3) is 4.27. The summed E-state index contributed by atoms with van der Waals surface area (Å²) in [6, 6.07) is 5.07. The van der Waals surface area contributed by atoms with Crippen LogP contribution in [0.4, 0.5) is 5.69 Å². The molecule has 7 heteroatoms. The first-order chi connectivity index (χ1) is 9.95. The molecule has 5 nitrogen and oxygen atoms in total. The Bertz CT molecular complexity index is 685. The van der Waals surface area contributed by atoms with Crippen LogP contribution < -0.4 is 10.6 Å². The molecular formula is C14H14ClN3O2S. The van der Waals surface area contributed by atoms with E-state index < -0.39 is 11.8 Å². The molecular weight excluding hydrogens is 310 g/mol. The van der Waals surface area contributed by atoms with Crippen molar-refractivity contribution in [3.8, 4) is 0 Å². The SMILES string of the molecule is Cc1ncc(CNC(=O)C(=O)Nc2ccc(C)c(Cl)c2)s1. The lowest BCUT2D eigenvalue weighted by molar-refractivity contribution is -0.136. The van der Waals surface area contributed by atoms with Crippen LogP contribution in [0.25, 0.3) is 0 Å². The molecule has 0 fully saturated rings. The summed E-state index contributed by atoms with van der Waals surface area (Å²) in [6.07, 6.45) is 1.68. The van der Waals surface area contributed by atoms with Crippen LogP contribution in [-0.2, 0) is 16.1 Å². The number of hydrogen-bond acceptors (Lipinski definition) is 4. The van der Waals surface area contributed by atoms with Crippen molar-refractivity contribution in [2.45, 2.75) is 20.4 Å². The summed E-state index contributed by atoms with van der Waals surface area (Å²) in [7, 11) is 0. The van der Waals surface area contributed by atoms with E-state index in [0.29, 0.717) is 10.7 Å². The number of amides is 2. The number of halogens is 1. The van der Waals surface area contributed by atoms with Crippen LogP contribution in [0.1, 0.15) is 15.4 Å². The molecule has 2 N–H and O–H groups in total. The number of aromatic nitrogens is 1. The van der Waals surface area contributed by atoms with Crippen LogP contribution in [0.3, 0.4) is 0 Å². The number of nitrogens with zero attached hydrogens (tertiary/aromatic N) is 1. The monoisotopic (exact) mass is 323 g/mol. The molecule has 2 amide bonds. The van der Waals surface area contributed by atoms with Gasteiger partial charge < -0.3 is 10.6 Å². The molecule has 1 aromatic heterocycles. The van der Waals surface area contributed by atoms with E-state index in [4.69, 9.17) is 11.6 Å². The number of carbonyl (C=O) groups excluding carboxylic acids is 2. The molecule has 0 bridgehead atoms. The topological polar surface area (TPSA) is 71.1 Å². The lowest BCUT2D eigenvalue weighted by Crippen LogP contribution is -2.34. The summed E-state index contributed by atoms with van der Waals surface area (Å²) in [6.45, 7) is 4.02. The van der Waals surface area contributed by atoms with Crippen molar-refractivity contribution in [2.24, 2.45) is 0 Å². The number of thiazole rings is 1. The van der Waals surface area contributed by atoms with E-state index in [1.54, 1.807) is 24.4 Å². The first-order valence-electron chi connectivity index (χ1n) is 6.22. The number of carbonyl (C=O) groups is 2. The van der Waals surface area contributed by atoms with Crippen molar-refractivity contribution >= 4 is 40.4 Å². The number of aryl methyl sites for hydroxylation is 2. The maximum atomic E-state index is 11.8. The largest absolute Gasteiger partial charge is 0.343 e. The Morgan fingerprint density at radius 1 is 1.29 bits per heavy atom. The molecule has 0 spiro atoms. The molecule has 1 heterocycles. The fraction of sp³-hybridized carbons (Fsp3) is 0.214. The summed E-state index contributed by atoms with van der Waals surface area (Å²) in [4.78, 5) is 28.4. The van der Waals surface area contributed by atoms with Gasteiger partial charge >= 0.3 is 11.8 Å². The Kier molecular flexibility index (Phi) is 4.93. The van der Waals surface area contributed by atoms with Gasteiger partial charge in [0.05, 0.1) is 11.6 Å². The van der Waals surface area contributed by atoms with Gasteiger partial charge in [0.1, 0.15) is 0 Å². The number of nitrogens with one attached hydrogen (secondary N) is 2. The second kappa shape index (κ2) is 6.69. The van der Waals surface area contributed by atoms with Crippen LogP contribution in [0.15, 0.2) is 24.4 Å². The van der Waals surface area contributed by atoms with Crippen molar-refractivity contribution < 1.29 is 9.59 Å². The summed E-state index contributed by atoms with van der Waals surface area (Å²) in [5, 5.41) is 6.50. The highest BCUT2D eigenvalue weighted by atomic mass is 35.5. The van der Waals surface area contributed by atoms with E-state index in [0.717, 1.165) is 15.4 Å². The molecule has 1 aromatic carbocycles. The number of benzene rings is 1. The second-order valence-electron chi connectivity index (χ2n) is 4.45. The molecule has 0 atom stereocenters. The van der Waals surface area contributed by atoms with E-state index in [2.05, 4.69) is 15.6 Å². The summed E-state index contributed by atoms with van der Waals surface area (Å²) in [5.41, 5.74) is 1.39. The Morgan fingerprint density at radius 2 is 2.05 bits per heavy atom. The highest BCUT2D eigenvalue weighted by Crippen LogP contribution is 2.19. The Balaban J connectivity index is 1.90. The molecule has 0 saturated carbocycles. The van der Waals surface area contributed by atoms with Crippen LogP contribution in [0, 0.1) is 13.8 Å². The van der Waals surface area contributed by atoms with Crippen LogP contribution in [0.2, 0.25) is 5.02 Å². The van der Waals surface area contributed by atoms with Gasteiger partial charge in [-0.25, -0.2) is 4.98 Å². The zero-order valence-electron chi connectivity index (χ0n) is 11.6. The lowest BCUT2D eigenvalue weighted by Gasteiger charge is -2.07. The number of anilines is 1. The van der Waals surface area contributed by atoms with Gasteiger partial charge in [-0.1, -0.05) is 17.7 Å². The van der Waals surface area contributed by atoms with Crippen molar-refractivity contribution in [3.05, 3.63) is 44.9 Å². The van der Waals surface area contributed by atoms with E-state index in [1.165, 1.54) is 11.3 Å². The standard InChI is InChI=1S/C14H14ClN3O2S/c1-8-3-4-10(5-12(8)15)18-14(20)13(19)17-7-11-6-16-9(2)21-11/h3-6H,7H2,1-2H3,(H,17,19)(H,18,20). The lowest BCUT2D eigenvalue weighted by atomic mass is 10.2. The summed E-state index contributed by atoms with van der Waals surface area (Å²) < 4.78 is 0. The van der Waals surface area contributed by atoms with Gasteiger partial charge in [0.25, 0.3) is 0 Å². The molecule has 0 aliphatic carbocycles. The Labute approximate surface area is 131 Å². The molecule has 0 unspecified atom stereocenters. The van der Waals surface area contributed by atoms with Gasteiger partial charge in [-0.2, -0.15) is 0 Å². The minimum atomic E-state index is -0.726. The average Bonchev–Trinajstić information content (AvgIpc) is 2.86. The predicted octanol–water partition coefficient (Wildman–Crippen LogP) is 2.67. The van der Waals surface area contributed by atoms with Crippen LogP contribution >= 0.6 is 22.9 Å². The quantitative estimate of drug-likeness (QED) is 0.853.